The van der Waals surface area contributed by atoms with E-state index in [0.717, 1.165) is 0 Å². The molecule has 3 aromatic rings. The molecule has 2 heterocycles. The zero-order valence-electron chi connectivity index (χ0n) is 19.4. The molecule has 186 valence electrons. The number of morpholine rings is 1. The Balaban J connectivity index is 1.41. The monoisotopic (exact) mass is 507 g/mol. The number of hydrogen-bond donors (Lipinski definition) is 1. The van der Waals surface area contributed by atoms with E-state index < -0.39 is 22.0 Å². The smallest absolute Gasteiger partial charge is 0.267 e. The molecule has 0 saturated carbocycles. The standard InChI is InChI=1S/C26H25N3O6S/c30-25(27-21-11-5-4-10-20(21)26(31)28-14-16-34-17-15-28)24-18-29(22-12-6-7-13-23(22)35-24)36(32,33)19-8-2-1-3-9-19/h1-13,24H,14-18H2,(H,27,30). The zero-order valence-corrected chi connectivity index (χ0v) is 20.2. The SMILES string of the molecule is O=C(Nc1ccccc1C(=O)N1CCOCC1)C1CN(S(=O)(=O)c2ccccc2)c2ccccc2O1. The van der Waals surface area contributed by atoms with Crippen LogP contribution in [-0.2, 0) is 19.6 Å². The third-order valence-corrected chi connectivity index (χ3v) is 7.87. The lowest BCUT2D eigenvalue weighted by atomic mass is 10.1. The largest absolute Gasteiger partial charge is 0.476 e. The van der Waals surface area contributed by atoms with Crippen LogP contribution in [0.15, 0.2) is 83.8 Å². The van der Waals surface area contributed by atoms with Crippen molar-refractivity contribution in [1.29, 1.82) is 0 Å². The van der Waals surface area contributed by atoms with Gasteiger partial charge in [0, 0.05) is 13.1 Å². The topological polar surface area (TPSA) is 105 Å². The predicted molar refractivity (Wildman–Crippen MR) is 134 cm³/mol. The summed E-state index contributed by atoms with van der Waals surface area (Å²) in [7, 11) is -3.95. The quantitative estimate of drug-likeness (QED) is 0.570. The highest BCUT2D eigenvalue weighted by Crippen LogP contribution is 2.37. The molecule has 1 N–H and O–H groups in total. The van der Waals surface area contributed by atoms with E-state index in [0.29, 0.717) is 43.2 Å². The molecule has 0 aromatic heterocycles. The number of sulfonamides is 1. The third-order valence-electron chi connectivity index (χ3n) is 6.07. The molecule has 10 heteroatoms. The number of fused-ring (bicyclic) bond motifs is 1. The summed E-state index contributed by atoms with van der Waals surface area (Å²) in [6.45, 7) is 1.63. The Labute approximate surface area is 209 Å². The maximum absolute atomic E-state index is 13.5. The summed E-state index contributed by atoms with van der Waals surface area (Å²) < 4.78 is 39.4. The molecule has 0 bridgehead atoms. The molecule has 1 saturated heterocycles. The number of nitrogens with zero attached hydrogens (tertiary/aromatic N) is 2. The molecule has 2 aliphatic heterocycles. The number of carbonyl (C=O) groups is 2. The molecule has 1 unspecified atom stereocenters. The van der Waals surface area contributed by atoms with Gasteiger partial charge in [-0.25, -0.2) is 8.42 Å². The van der Waals surface area contributed by atoms with Crippen LogP contribution in [0.5, 0.6) is 5.75 Å². The summed E-state index contributed by atoms with van der Waals surface area (Å²) in [6, 6.07) is 21.5. The molecule has 0 radical (unpaired) electrons. The first-order chi connectivity index (χ1) is 17.4. The fraction of sp³-hybridized carbons (Fsp3) is 0.231. The average Bonchev–Trinajstić information content (AvgIpc) is 2.93. The van der Waals surface area contributed by atoms with Crippen LogP contribution in [0.25, 0.3) is 0 Å². The molecule has 36 heavy (non-hydrogen) atoms. The highest BCUT2D eigenvalue weighted by atomic mass is 32.2. The number of rotatable bonds is 5. The third kappa shape index (κ3) is 4.65. The molecular formula is C26H25N3O6S. The van der Waals surface area contributed by atoms with E-state index in [2.05, 4.69) is 5.32 Å². The molecule has 3 aromatic carbocycles. The minimum Gasteiger partial charge on any atom is -0.476 e. The van der Waals surface area contributed by atoms with Crippen LogP contribution in [-0.4, -0.2) is 64.1 Å². The van der Waals surface area contributed by atoms with Gasteiger partial charge in [-0.2, -0.15) is 0 Å². The van der Waals surface area contributed by atoms with Crippen molar-refractivity contribution in [3.05, 3.63) is 84.4 Å². The number of anilines is 2. The van der Waals surface area contributed by atoms with Crippen LogP contribution in [0.1, 0.15) is 10.4 Å². The van der Waals surface area contributed by atoms with E-state index in [9.17, 15) is 18.0 Å². The fourth-order valence-electron chi connectivity index (χ4n) is 4.21. The van der Waals surface area contributed by atoms with Gasteiger partial charge in [0.1, 0.15) is 5.75 Å². The number of ether oxygens (including phenoxy) is 2. The number of nitrogens with one attached hydrogen (secondary N) is 1. The molecule has 2 aliphatic rings. The van der Waals surface area contributed by atoms with Crippen LogP contribution in [0.4, 0.5) is 11.4 Å². The van der Waals surface area contributed by atoms with Crippen molar-refractivity contribution in [1.82, 2.24) is 4.90 Å². The highest BCUT2D eigenvalue weighted by Gasteiger charge is 2.37. The van der Waals surface area contributed by atoms with Gasteiger partial charge in [-0.05, 0) is 36.4 Å². The van der Waals surface area contributed by atoms with Gasteiger partial charge in [-0.3, -0.25) is 13.9 Å². The number of benzene rings is 3. The van der Waals surface area contributed by atoms with Gasteiger partial charge in [0.2, 0.25) is 0 Å². The second-order valence-electron chi connectivity index (χ2n) is 8.36. The van der Waals surface area contributed by atoms with Crippen molar-refractivity contribution < 1.29 is 27.5 Å². The van der Waals surface area contributed by atoms with Gasteiger partial charge in [0.05, 0.1) is 41.6 Å². The first-order valence-corrected chi connectivity index (χ1v) is 13.0. The molecule has 0 aliphatic carbocycles. The molecule has 0 spiro atoms. The summed E-state index contributed by atoms with van der Waals surface area (Å²) in [5, 5.41) is 2.78. The van der Waals surface area contributed by atoms with Crippen LogP contribution >= 0.6 is 0 Å². The van der Waals surface area contributed by atoms with Crippen molar-refractivity contribution in [2.75, 3.05) is 42.5 Å². The minimum absolute atomic E-state index is 0.113. The summed E-state index contributed by atoms with van der Waals surface area (Å²) >= 11 is 0. The van der Waals surface area contributed by atoms with Gasteiger partial charge in [0.25, 0.3) is 21.8 Å². The minimum atomic E-state index is -3.95. The van der Waals surface area contributed by atoms with E-state index in [4.69, 9.17) is 9.47 Å². The maximum atomic E-state index is 13.5. The van der Waals surface area contributed by atoms with Crippen LogP contribution in [0.2, 0.25) is 0 Å². The fourth-order valence-corrected chi connectivity index (χ4v) is 5.71. The Kier molecular flexibility index (Phi) is 6.62. The van der Waals surface area contributed by atoms with E-state index >= 15 is 0 Å². The van der Waals surface area contributed by atoms with E-state index in [1.54, 1.807) is 71.6 Å². The molecule has 1 atom stereocenters. The Hall–Kier alpha value is -3.89. The number of para-hydroxylation sites is 3. The van der Waals surface area contributed by atoms with Gasteiger partial charge in [-0.1, -0.05) is 42.5 Å². The Morgan fingerprint density at radius 3 is 2.31 bits per heavy atom. The molecular weight excluding hydrogens is 482 g/mol. The predicted octanol–water partition coefficient (Wildman–Crippen LogP) is 2.75. The molecule has 9 nitrogen and oxygen atoms in total. The average molecular weight is 508 g/mol. The second kappa shape index (κ2) is 10.00. The zero-order chi connectivity index (χ0) is 25.1. The van der Waals surface area contributed by atoms with Gasteiger partial charge >= 0.3 is 0 Å². The van der Waals surface area contributed by atoms with Crippen molar-refractivity contribution in [2.24, 2.45) is 0 Å². The Morgan fingerprint density at radius 1 is 0.861 bits per heavy atom. The van der Waals surface area contributed by atoms with Crippen LogP contribution < -0.4 is 14.4 Å². The first-order valence-electron chi connectivity index (χ1n) is 11.6. The number of hydrogen-bond acceptors (Lipinski definition) is 6. The summed E-state index contributed by atoms with van der Waals surface area (Å²) in [6.07, 6.45) is -1.13. The van der Waals surface area contributed by atoms with Gasteiger partial charge < -0.3 is 19.7 Å². The van der Waals surface area contributed by atoms with Crippen molar-refractivity contribution in [2.45, 2.75) is 11.0 Å². The van der Waals surface area contributed by atoms with E-state index in [1.165, 1.54) is 16.4 Å². The van der Waals surface area contributed by atoms with Crippen molar-refractivity contribution in [3.63, 3.8) is 0 Å². The van der Waals surface area contributed by atoms with Crippen molar-refractivity contribution >= 4 is 33.2 Å². The normalized spacial score (nSPS) is 17.6. The van der Waals surface area contributed by atoms with Crippen LogP contribution in [0.3, 0.4) is 0 Å². The molecule has 1 fully saturated rings. The molecule has 5 rings (SSSR count). The van der Waals surface area contributed by atoms with Crippen LogP contribution in [0, 0.1) is 0 Å². The lowest BCUT2D eigenvalue weighted by Gasteiger charge is -2.34. The van der Waals surface area contributed by atoms with Gasteiger partial charge in [0.15, 0.2) is 6.10 Å². The number of carbonyl (C=O) groups excluding carboxylic acids is 2. The maximum Gasteiger partial charge on any atom is 0.267 e. The molecule has 2 amide bonds. The van der Waals surface area contributed by atoms with E-state index in [1.807, 2.05) is 0 Å². The summed E-state index contributed by atoms with van der Waals surface area (Å²) in [4.78, 5) is 28.2. The number of amides is 2. The first kappa shape index (κ1) is 23.8. The lowest BCUT2D eigenvalue weighted by molar-refractivity contribution is -0.122. The van der Waals surface area contributed by atoms with Crippen molar-refractivity contribution in [3.8, 4) is 5.75 Å². The second-order valence-corrected chi connectivity index (χ2v) is 10.2. The lowest BCUT2D eigenvalue weighted by Crippen LogP contribution is -2.49. The Bertz CT molecular complexity index is 1370. The Morgan fingerprint density at radius 2 is 1.53 bits per heavy atom. The highest BCUT2D eigenvalue weighted by molar-refractivity contribution is 7.92. The van der Waals surface area contributed by atoms with Gasteiger partial charge in [-0.15, -0.1) is 0 Å². The van der Waals surface area contributed by atoms with E-state index in [-0.39, 0.29) is 23.1 Å². The summed E-state index contributed by atoms with van der Waals surface area (Å²) in [5.41, 5.74) is 1.03. The summed E-state index contributed by atoms with van der Waals surface area (Å²) in [5.74, 6) is -0.488.